The van der Waals surface area contributed by atoms with E-state index in [0.717, 1.165) is 36.2 Å². The molecule has 1 aliphatic rings. The van der Waals surface area contributed by atoms with Crippen molar-refractivity contribution in [1.29, 1.82) is 0 Å². The number of thioether (sulfide) groups is 1. The third-order valence-electron chi connectivity index (χ3n) is 3.77. The molecule has 2 rings (SSSR count). The third-order valence-corrected chi connectivity index (χ3v) is 6.50. The van der Waals surface area contributed by atoms with Crippen molar-refractivity contribution in [2.24, 2.45) is 4.99 Å². The second-order valence-electron chi connectivity index (χ2n) is 5.45. The Bertz CT molecular complexity index is 528. The summed E-state index contributed by atoms with van der Waals surface area (Å²) in [7, 11) is -0.975. The van der Waals surface area contributed by atoms with Crippen molar-refractivity contribution in [3.63, 3.8) is 0 Å². The molecule has 1 N–H and O–H groups in total. The van der Waals surface area contributed by atoms with E-state index in [4.69, 9.17) is 4.99 Å². The van der Waals surface area contributed by atoms with Crippen LogP contribution in [0.25, 0.3) is 0 Å². The molecule has 0 radical (unpaired) electrons. The van der Waals surface area contributed by atoms with Crippen LogP contribution in [0.3, 0.4) is 0 Å². The lowest BCUT2D eigenvalue weighted by molar-refractivity contribution is 0.408. The van der Waals surface area contributed by atoms with Gasteiger partial charge in [0.1, 0.15) is 0 Å². The standard InChI is InChI=1S/C17H27N3OS2.HI/c1-3-15-14-20(11-12-22-15)17(18-4-2)19-10-13-23(21)16-8-6-5-7-9-16;/h5-9,15H,3-4,10-14H2,1-2H3,(H,18,19);1H. The zero-order valence-corrected chi connectivity index (χ0v) is 18.4. The van der Waals surface area contributed by atoms with Gasteiger partial charge in [0.05, 0.1) is 17.3 Å². The monoisotopic (exact) mass is 481 g/mol. The fourth-order valence-corrected chi connectivity index (χ4v) is 4.64. The molecule has 0 aliphatic carbocycles. The summed E-state index contributed by atoms with van der Waals surface area (Å²) in [6.45, 7) is 7.87. The molecular formula is C17H28IN3OS2. The maximum atomic E-state index is 12.3. The second kappa shape index (κ2) is 12.1. The molecule has 0 saturated carbocycles. The van der Waals surface area contributed by atoms with Crippen molar-refractivity contribution in [2.45, 2.75) is 30.4 Å². The van der Waals surface area contributed by atoms with Gasteiger partial charge in [-0.1, -0.05) is 25.1 Å². The molecule has 4 nitrogen and oxygen atoms in total. The van der Waals surface area contributed by atoms with Crippen LogP contribution in [0.1, 0.15) is 20.3 Å². The van der Waals surface area contributed by atoms with Gasteiger partial charge in [-0.05, 0) is 25.5 Å². The first kappa shape index (κ1) is 21.8. The molecule has 1 saturated heterocycles. The Morgan fingerprint density at radius 1 is 1.38 bits per heavy atom. The topological polar surface area (TPSA) is 44.7 Å². The molecule has 0 aromatic heterocycles. The number of hydrogen-bond acceptors (Lipinski definition) is 3. The first-order valence-corrected chi connectivity index (χ1v) is 10.7. The first-order chi connectivity index (χ1) is 11.2. The van der Waals surface area contributed by atoms with Crippen molar-refractivity contribution < 1.29 is 4.21 Å². The molecule has 0 bridgehead atoms. The van der Waals surface area contributed by atoms with Crippen LogP contribution in [0.4, 0.5) is 0 Å². The average molecular weight is 481 g/mol. The number of hydrogen-bond donors (Lipinski definition) is 1. The summed E-state index contributed by atoms with van der Waals surface area (Å²) in [6.07, 6.45) is 1.19. The highest BCUT2D eigenvalue weighted by Crippen LogP contribution is 2.21. The fraction of sp³-hybridized carbons (Fsp3) is 0.588. The van der Waals surface area contributed by atoms with E-state index in [1.165, 1.54) is 6.42 Å². The molecule has 136 valence electrons. The Morgan fingerprint density at radius 3 is 2.79 bits per heavy atom. The predicted octanol–water partition coefficient (Wildman–Crippen LogP) is 3.21. The smallest absolute Gasteiger partial charge is 0.194 e. The Balaban J connectivity index is 0.00000288. The van der Waals surface area contributed by atoms with Crippen LogP contribution in [0.5, 0.6) is 0 Å². The van der Waals surface area contributed by atoms with Crippen LogP contribution in [-0.4, -0.2) is 58.0 Å². The van der Waals surface area contributed by atoms with Crippen molar-refractivity contribution in [1.82, 2.24) is 10.2 Å². The largest absolute Gasteiger partial charge is 0.357 e. The Labute approximate surface area is 169 Å². The van der Waals surface area contributed by atoms with Gasteiger partial charge < -0.3 is 10.2 Å². The molecule has 7 heteroatoms. The Hall–Kier alpha value is -0.280. The van der Waals surface area contributed by atoms with E-state index in [1.54, 1.807) is 0 Å². The minimum absolute atomic E-state index is 0. The molecule has 1 heterocycles. The van der Waals surface area contributed by atoms with Gasteiger partial charge in [0.25, 0.3) is 0 Å². The summed E-state index contributed by atoms with van der Waals surface area (Å²) < 4.78 is 12.3. The maximum Gasteiger partial charge on any atom is 0.194 e. The van der Waals surface area contributed by atoms with Crippen LogP contribution >= 0.6 is 35.7 Å². The normalized spacial score (nSPS) is 19.5. The Kier molecular flexibility index (Phi) is 11.0. The maximum absolute atomic E-state index is 12.3. The third kappa shape index (κ3) is 6.92. The van der Waals surface area contributed by atoms with Crippen molar-refractivity contribution in [2.75, 3.05) is 37.7 Å². The van der Waals surface area contributed by atoms with Crippen LogP contribution in [0, 0.1) is 0 Å². The van der Waals surface area contributed by atoms with Gasteiger partial charge in [-0.25, -0.2) is 0 Å². The van der Waals surface area contributed by atoms with Crippen molar-refractivity contribution in [3.05, 3.63) is 30.3 Å². The van der Waals surface area contributed by atoms with E-state index in [0.29, 0.717) is 17.5 Å². The van der Waals surface area contributed by atoms with Crippen LogP contribution < -0.4 is 5.32 Å². The zero-order chi connectivity index (χ0) is 16.5. The lowest BCUT2D eigenvalue weighted by atomic mass is 10.3. The van der Waals surface area contributed by atoms with E-state index < -0.39 is 10.8 Å². The van der Waals surface area contributed by atoms with Gasteiger partial charge >= 0.3 is 0 Å². The van der Waals surface area contributed by atoms with Gasteiger partial charge in [-0.15, -0.1) is 24.0 Å². The molecule has 0 amide bonds. The summed E-state index contributed by atoms with van der Waals surface area (Å²) in [5, 5.41) is 4.06. The molecule has 24 heavy (non-hydrogen) atoms. The summed E-state index contributed by atoms with van der Waals surface area (Å²) >= 11 is 2.06. The van der Waals surface area contributed by atoms with E-state index >= 15 is 0 Å². The number of aliphatic imine (C=N–C) groups is 1. The summed E-state index contributed by atoms with van der Waals surface area (Å²) in [6, 6.07) is 9.63. The van der Waals surface area contributed by atoms with Crippen LogP contribution in [0.15, 0.2) is 40.2 Å². The van der Waals surface area contributed by atoms with E-state index in [9.17, 15) is 4.21 Å². The number of guanidine groups is 1. The SMILES string of the molecule is CCNC(=NCCS(=O)c1ccccc1)N1CCSC(CC)C1.I. The summed E-state index contributed by atoms with van der Waals surface area (Å²) in [4.78, 5) is 7.93. The average Bonchev–Trinajstić information content (AvgIpc) is 2.61. The molecule has 2 atom stereocenters. The van der Waals surface area contributed by atoms with Gasteiger partial charge in [0, 0.05) is 41.3 Å². The molecule has 1 aromatic rings. The lowest BCUT2D eigenvalue weighted by Gasteiger charge is -2.34. The minimum atomic E-state index is -0.975. The van der Waals surface area contributed by atoms with Crippen molar-refractivity contribution >= 4 is 52.5 Å². The van der Waals surface area contributed by atoms with Gasteiger partial charge in [-0.2, -0.15) is 11.8 Å². The molecule has 0 spiro atoms. The van der Waals surface area contributed by atoms with Crippen LogP contribution in [-0.2, 0) is 10.8 Å². The highest BCUT2D eigenvalue weighted by Gasteiger charge is 2.21. The number of halogens is 1. The van der Waals surface area contributed by atoms with Gasteiger partial charge in [-0.3, -0.25) is 9.20 Å². The number of nitrogens with zero attached hydrogens (tertiary/aromatic N) is 2. The van der Waals surface area contributed by atoms with E-state index in [-0.39, 0.29) is 24.0 Å². The van der Waals surface area contributed by atoms with Crippen LogP contribution in [0.2, 0.25) is 0 Å². The number of benzene rings is 1. The molecular weight excluding hydrogens is 453 g/mol. The second-order valence-corrected chi connectivity index (χ2v) is 8.42. The summed E-state index contributed by atoms with van der Waals surface area (Å²) in [5.74, 6) is 2.69. The predicted molar refractivity (Wildman–Crippen MR) is 117 cm³/mol. The Morgan fingerprint density at radius 2 is 2.12 bits per heavy atom. The highest BCUT2D eigenvalue weighted by molar-refractivity contribution is 14.0. The van der Waals surface area contributed by atoms with E-state index in [1.807, 2.05) is 30.3 Å². The molecule has 1 fully saturated rings. The molecule has 1 aliphatic heterocycles. The summed E-state index contributed by atoms with van der Waals surface area (Å²) in [5.41, 5.74) is 0. The minimum Gasteiger partial charge on any atom is -0.357 e. The van der Waals surface area contributed by atoms with Crippen molar-refractivity contribution in [3.8, 4) is 0 Å². The molecule has 2 unspecified atom stereocenters. The van der Waals surface area contributed by atoms with Gasteiger partial charge in [0.15, 0.2) is 5.96 Å². The quantitative estimate of drug-likeness (QED) is 0.385. The number of nitrogens with one attached hydrogen (secondary N) is 1. The zero-order valence-electron chi connectivity index (χ0n) is 14.4. The first-order valence-electron chi connectivity index (χ1n) is 8.32. The van der Waals surface area contributed by atoms with Gasteiger partial charge in [0.2, 0.25) is 0 Å². The lowest BCUT2D eigenvalue weighted by Crippen LogP contribution is -2.48. The van der Waals surface area contributed by atoms with E-state index in [2.05, 4.69) is 35.8 Å². The number of rotatable bonds is 6. The molecule has 1 aromatic carbocycles. The fourth-order valence-electron chi connectivity index (χ4n) is 2.51. The highest BCUT2D eigenvalue weighted by atomic mass is 127.